The number of urea groups is 1. The molecule has 1 heterocycles. The molecular weight excluding hydrogens is 328 g/mol. The van der Waals surface area contributed by atoms with Crippen molar-refractivity contribution in [3.05, 3.63) is 46.7 Å². The molecule has 0 fully saturated rings. The number of aliphatic hydroxyl groups is 1. The average molecular weight is 344 g/mol. The van der Waals surface area contributed by atoms with E-state index in [0.717, 1.165) is 0 Å². The van der Waals surface area contributed by atoms with Gasteiger partial charge in [-0.15, -0.1) is 0 Å². The van der Waals surface area contributed by atoms with Crippen molar-refractivity contribution in [2.24, 2.45) is 0 Å². The van der Waals surface area contributed by atoms with Crippen LogP contribution in [-0.2, 0) is 0 Å². The average Bonchev–Trinajstić information content (AvgIpc) is 2.58. The lowest BCUT2D eigenvalue weighted by Crippen LogP contribution is -2.49. The number of imide groups is 1. The van der Waals surface area contributed by atoms with E-state index in [1.54, 1.807) is 0 Å². The lowest BCUT2D eigenvalue weighted by atomic mass is 9.93. The van der Waals surface area contributed by atoms with Crippen LogP contribution >= 0.6 is 0 Å². The van der Waals surface area contributed by atoms with Gasteiger partial charge in [0, 0.05) is 17.8 Å². The van der Waals surface area contributed by atoms with Gasteiger partial charge in [-0.3, -0.25) is 4.79 Å². The largest absolute Gasteiger partial charge is 0.465 e. The van der Waals surface area contributed by atoms with Gasteiger partial charge >= 0.3 is 12.1 Å². The Hall–Kier alpha value is -3.38. The summed E-state index contributed by atoms with van der Waals surface area (Å²) in [4.78, 5) is 36.1. The van der Waals surface area contributed by atoms with Crippen LogP contribution in [0, 0.1) is 11.3 Å². The summed E-state index contributed by atoms with van der Waals surface area (Å²) in [5, 5.41) is 32.3. The lowest BCUT2D eigenvalue weighted by Gasteiger charge is -2.33. The van der Waals surface area contributed by atoms with Crippen LogP contribution in [0.5, 0.6) is 0 Å². The van der Waals surface area contributed by atoms with Crippen molar-refractivity contribution >= 4 is 18.0 Å². The first-order valence-electron chi connectivity index (χ1n) is 7.33. The molecule has 9 nitrogen and oxygen atoms in total. The predicted molar refractivity (Wildman–Crippen MR) is 85.3 cm³/mol. The summed E-state index contributed by atoms with van der Waals surface area (Å²) in [6, 6.07) is 5.88. The zero-order chi connectivity index (χ0) is 18.6. The van der Waals surface area contributed by atoms with Gasteiger partial charge in [0.1, 0.15) is 6.04 Å². The molecule has 0 spiro atoms. The molecule has 0 saturated carbocycles. The topological polar surface area (TPSA) is 143 Å². The molecule has 4 amide bonds. The molecule has 9 heteroatoms. The van der Waals surface area contributed by atoms with Crippen LogP contribution in [0.2, 0.25) is 0 Å². The van der Waals surface area contributed by atoms with Crippen LogP contribution in [0.15, 0.2) is 35.5 Å². The van der Waals surface area contributed by atoms with Gasteiger partial charge in [-0.25, -0.2) is 14.5 Å². The molecule has 1 aromatic carbocycles. The first-order valence-corrected chi connectivity index (χ1v) is 7.33. The Balaban J connectivity index is 2.51. The molecule has 2 rings (SSSR count). The molecule has 1 unspecified atom stereocenters. The number of nitriles is 1. The number of aliphatic hydroxyl groups excluding tert-OH is 1. The minimum atomic E-state index is -1.52. The third-order valence-electron chi connectivity index (χ3n) is 3.64. The third kappa shape index (κ3) is 3.59. The number of amides is 4. The molecular formula is C16H16N4O5. The monoisotopic (exact) mass is 344 g/mol. The van der Waals surface area contributed by atoms with Crippen LogP contribution in [0.25, 0.3) is 0 Å². The van der Waals surface area contributed by atoms with Gasteiger partial charge in [0.25, 0.3) is 5.91 Å². The summed E-state index contributed by atoms with van der Waals surface area (Å²) < 4.78 is 0. The van der Waals surface area contributed by atoms with Gasteiger partial charge in [-0.1, -0.05) is 12.1 Å². The Labute approximate surface area is 143 Å². The fourth-order valence-corrected chi connectivity index (χ4v) is 2.52. The number of hydrogen-bond donors (Lipinski definition) is 4. The molecule has 1 aliphatic rings. The van der Waals surface area contributed by atoms with E-state index in [1.165, 1.54) is 31.2 Å². The summed E-state index contributed by atoms with van der Waals surface area (Å²) in [6.07, 6.45) is -1.52. The molecule has 25 heavy (non-hydrogen) atoms. The zero-order valence-corrected chi connectivity index (χ0v) is 13.3. The van der Waals surface area contributed by atoms with Gasteiger partial charge in [0.05, 0.1) is 18.2 Å². The first kappa shape index (κ1) is 18.0. The van der Waals surface area contributed by atoms with Crippen molar-refractivity contribution < 1.29 is 24.6 Å². The molecule has 0 aliphatic carbocycles. The van der Waals surface area contributed by atoms with Crippen molar-refractivity contribution in [2.45, 2.75) is 13.0 Å². The van der Waals surface area contributed by atoms with Crippen LogP contribution in [0.4, 0.5) is 9.59 Å². The normalized spacial score (nSPS) is 16.9. The predicted octanol–water partition coefficient (Wildman–Crippen LogP) is 0.951. The molecule has 0 radical (unpaired) electrons. The number of nitrogens with zero attached hydrogens (tertiary/aromatic N) is 2. The number of carbonyl (C=O) groups excluding carboxylic acids is 2. The van der Waals surface area contributed by atoms with Gasteiger partial charge in [-0.2, -0.15) is 5.26 Å². The van der Waals surface area contributed by atoms with E-state index in [-0.39, 0.29) is 30.0 Å². The summed E-state index contributed by atoms with van der Waals surface area (Å²) >= 11 is 0. The third-order valence-corrected chi connectivity index (χ3v) is 3.64. The summed E-state index contributed by atoms with van der Waals surface area (Å²) in [5.41, 5.74) is 0.849. The smallest absolute Gasteiger partial charge is 0.416 e. The van der Waals surface area contributed by atoms with Crippen LogP contribution in [0.1, 0.15) is 28.9 Å². The summed E-state index contributed by atoms with van der Waals surface area (Å²) in [5.74, 6) is -0.461. The maximum atomic E-state index is 12.0. The lowest BCUT2D eigenvalue weighted by molar-refractivity contribution is 0.0944. The standard InChI is InChI=1S/C16H16N4O5/c1-9-12(8-17)13(20(16(24)25)15(23)19-9)10-3-2-4-11(7-10)14(22)18-5-6-21/h2-4,7,13,21H,5-6H2,1H3,(H,18,22)(H,19,23)(H,24,25). The Kier molecular flexibility index (Phi) is 5.36. The number of allylic oxidation sites excluding steroid dienone is 1. The maximum absolute atomic E-state index is 12.0. The van der Waals surface area contributed by atoms with Crippen molar-refractivity contribution in [3.8, 4) is 6.07 Å². The van der Waals surface area contributed by atoms with Crippen LogP contribution in [0.3, 0.4) is 0 Å². The van der Waals surface area contributed by atoms with E-state index in [1.807, 2.05) is 6.07 Å². The van der Waals surface area contributed by atoms with Crippen LogP contribution < -0.4 is 10.6 Å². The molecule has 0 bridgehead atoms. The Bertz CT molecular complexity index is 796. The number of carboxylic acid groups (broad SMARTS) is 1. The van der Waals surface area contributed by atoms with E-state index in [0.29, 0.717) is 10.5 Å². The Morgan fingerprint density at radius 2 is 2.16 bits per heavy atom. The van der Waals surface area contributed by atoms with E-state index < -0.39 is 24.1 Å². The van der Waals surface area contributed by atoms with E-state index in [2.05, 4.69) is 10.6 Å². The second kappa shape index (κ2) is 7.46. The van der Waals surface area contributed by atoms with E-state index in [4.69, 9.17) is 5.11 Å². The minimum Gasteiger partial charge on any atom is -0.465 e. The maximum Gasteiger partial charge on any atom is 0.416 e. The van der Waals surface area contributed by atoms with Crippen molar-refractivity contribution in [2.75, 3.05) is 13.2 Å². The van der Waals surface area contributed by atoms with Crippen molar-refractivity contribution in [1.29, 1.82) is 5.26 Å². The number of carbonyl (C=O) groups is 3. The fraction of sp³-hybridized carbons (Fsp3) is 0.250. The molecule has 1 aromatic rings. The molecule has 4 N–H and O–H groups in total. The number of hydrogen-bond acceptors (Lipinski definition) is 5. The van der Waals surface area contributed by atoms with Gasteiger partial charge in [-0.05, 0) is 24.6 Å². The highest BCUT2D eigenvalue weighted by molar-refractivity contribution is 5.95. The molecule has 1 atom stereocenters. The molecule has 0 aromatic heterocycles. The highest BCUT2D eigenvalue weighted by Gasteiger charge is 2.39. The van der Waals surface area contributed by atoms with Gasteiger partial charge in [0.2, 0.25) is 0 Å². The highest BCUT2D eigenvalue weighted by atomic mass is 16.4. The highest BCUT2D eigenvalue weighted by Crippen LogP contribution is 2.33. The summed E-state index contributed by atoms with van der Waals surface area (Å²) in [6.45, 7) is 1.35. The number of nitrogens with one attached hydrogen (secondary N) is 2. The SMILES string of the molecule is CC1=C(C#N)C(c2cccc(C(=O)NCCO)c2)N(C(=O)O)C(=O)N1. The number of benzene rings is 1. The van der Waals surface area contributed by atoms with Gasteiger partial charge in [0.15, 0.2) is 0 Å². The summed E-state index contributed by atoms with van der Waals surface area (Å²) in [7, 11) is 0. The fourth-order valence-electron chi connectivity index (χ4n) is 2.52. The Morgan fingerprint density at radius 3 is 2.76 bits per heavy atom. The molecule has 130 valence electrons. The Morgan fingerprint density at radius 1 is 1.44 bits per heavy atom. The number of rotatable bonds is 4. The second-order valence-electron chi connectivity index (χ2n) is 5.24. The van der Waals surface area contributed by atoms with Crippen LogP contribution in [-0.4, -0.2) is 46.3 Å². The minimum absolute atomic E-state index is 0.0647. The van der Waals surface area contributed by atoms with E-state index in [9.17, 15) is 24.8 Å². The van der Waals surface area contributed by atoms with Gasteiger partial charge < -0.3 is 20.8 Å². The van der Waals surface area contributed by atoms with Crippen molar-refractivity contribution in [1.82, 2.24) is 15.5 Å². The molecule has 0 saturated heterocycles. The second-order valence-corrected chi connectivity index (χ2v) is 5.24. The van der Waals surface area contributed by atoms with E-state index >= 15 is 0 Å². The van der Waals surface area contributed by atoms with Crippen molar-refractivity contribution in [3.63, 3.8) is 0 Å². The first-order chi connectivity index (χ1) is 11.9. The zero-order valence-electron chi connectivity index (χ0n) is 13.3. The molecule has 1 aliphatic heterocycles. The quantitative estimate of drug-likeness (QED) is 0.640.